The van der Waals surface area contributed by atoms with E-state index in [4.69, 9.17) is 9.47 Å². The predicted octanol–water partition coefficient (Wildman–Crippen LogP) is 3.57. The second-order valence-corrected chi connectivity index (χ2v) is 8.20. The van der Waals surface area contributed by atoms with Crippen molar-refractivity contribution < 1.29 is 27.1 Å². The molecule has 0 atom stereocenters. The van der Waals surface area contributed by atoms with E-state index in [-0.39, 0.29) is 22.7 Å². The van der Waals surface area contributed by atoms with Crippen LogP contribution in [-0.2, 0) is 16.6 Å². The Morgan fingerprint density at radius 3 is 2.26 bits per heavy atom. The van der Waals surface area contributed by atoms with E-state index in [1.54, 1.807) is 18.2 Å². The van der Waals surface area contributed by atoms with Crippen molar-refractivity contribution in [3.8, 4) is 11.5 Å². The van der Waals surface area contributed by atoms with Gasteiger partial charge < -0.3 is 14.8 Å². The van der Waals surface area contributed by atoms with E-state index in [0.717, 1.165) is 11.6 Å². The monoisotopic (exact) mass is 444 g/mol. The number of sulfonamides is 1. The SMILES string of the molecule is COc1cc(CNC(=O)c2cccc(S(=O)(=O)Nc3ccccc3F)c2)cc(OC)c1. The number of hydrogen-bond acceptors (Lipinski definition) is 5. The van der Waals surface area contributed by atoms with Gasteiger partial charge in [-0.1, -0.05) is 18.2 Å². The molecule has 0 fully saturated rings. The molecule has 0 radical (unpaired) electrons. The molecule has 162 valence electrons. The van der Waals surface area contributed by atoms with Crippen LogP contribution in [0.2, 0.25) is 0 Å². The first-order valence-electron chi connectivity index (χ1n) is 9.20. The van der Waals surface area contributed by atoms with Crippen molar-refractivity contribution in [2.24, 2.45) is 0 Å². The smallest absolute Gasteiger partial charge is 0.262 e. The van der Waals surface area contributed by atoms with Crippen molar-refractivity contribution in [3.63, 3.8) is 0 Å². The average Bonchev–Trinajstić information content (AvgIpc) is 2.78. The fraction of sp³-hybridized carbons (Fsp3) is 0.136. The molecule has 7 nitrogen and oxygen atoms in total. The van der Waals surface area contributed by atoms with Gasteiger partial charge in [0.1, 0.15) is 17.3 Å². The number of benzene rings is 3. The Labute approximate surface area is 179 Å². The maximum atomic E-state index is 13.8. The summed E-state index contributed by atoms with van der Waals surface area (Å²) in [6.45, 7) is 0.177. The first kappa shape index (κ1) is 22.1. The zero-order chi connectivity index (χ0) is 22.4. The van der Waals surface area contributed by atoms with Gasteiger partial charge in [0.2, 0.25) is 0 Å². The summed E-state index contributed by atoms with van der Waals surface area (Å²) in [5, 5.41) is 2.73. The van der Waals surface area contributed by atoms with Crippen LogP contribution in [0.1, 0.15) is 15.9 Å². The van der Waals surface area contributed by atoms with E-state index in [9.17, 15) is 17.6 Å². The van der Waals surface area contributed by atoms with E-state index in [2.05, 4.69) is 10.0 Å². The zero-order valence-electron chi connectivity index (χ0n) is 16.9. The molecule has 0 unspecified atom stereocenters. The van der Waals surface area contributed by atoms with Crippen LogP contribution in [0.5, 0.6) is 11.5 Å². The van der Waals surface area contributed by atoms with Gasteiger partial charge in [-0.05, 0) is 48.0 Å². The lowest BCUT2D eigenvalue weighted by Crippen LogP contribution is -2.23. The minimum Gasteiger partial charge on any atom is -0.497 e. The second-order valence-electron chi connectivity index (χ2n) is 6.52. The minimum atomic E-state index is -4.08. The highest BCUT2D eigenvalue weighted by Crippen LogP contribution is 2.23. The Hall–Kier alpha value is -3.59. The average molecular weight is 444 g/mol. The molecule has 3 rings (SSSR count). The first-order chi connectivity index (χ1) is 14.8. The van der Waals surface area contributed by atoms with Crippen LogP contribution in [-0.4, -0.2) is 28.5 Å². The van der Waals surface area contributed by atoms with E-state index in [0.29, 0.717) is 11.5 Å². The Bertz CT molecular complexity index is 1180. The second kappa shape index (κ2) is 9.48. The summed E-state index contributed by atoms with van der Waals surface area (Å²) in [5.41, 5.74) is 0.713. The topological polar surface area (TPSA) is 93.7 Å². The molecule has 0 aliphatic heterocycles. The van der Waals surface area contributed by atoms with Crippen LogP contribution in [0, 0.1) is 5.82 Å². The molecule has 1 amide bonds. The van der Waals surface area contributed by atoms with Crippen LogP contribution in [0.4, 0.5) is 10.1 Å². The van der Waals surface area contributed by atoms with Crippen LogP contribution in [0.15, 0.2) is 71.6 Å². The Morgan fingerprint density at radius 2 is 1.61 bits per heavy atom. The number of anilines is 1. The lowest BCUT2D eigenvalue weighted by atomic mass is 10.1. The van der Waals surface area contributed by atoms with Crippen LogP contribution >= 0.6 is 0 Å². The van der Waals surface area contributed by atoms with E-state index in [1.807, 2.05) is 0 Å². The summed E-state index contributed by atoms with van der Waals surface area (Å²) in [6, 6.07) is 16.1. The van der Waals surface area contributed by atoms with E-state index in [1.165, 1.54) is 56.7 Å². The molecule has 31 heavy (non-hydrogen) atoms. The molecule has 3 aromatic rings. The molecule has 0 saturated carbocycles. The maximum absolute atomic E-state index is 13.8. The van der Waals surface area contributed by atoms with Crippen molar-refractivity contribution >= 4 is 21.6 Å². The van der Waals surface area contributed by atoms with Crippen molar-refractivity contribution in [1.82, 2.24) is 5.32 Å². The lowest BCUT2D eigenvalue weighted by Gasteiger charge is -2.11. The number of methoxy groups -OCH3 is 2. The highest BCUT2D eigenvalue weighted by molar-refractivity contribution is 7.92. The van der Waals surface area contributed by atoms with Crippen LogP contribution in [0.25, 0.3) is 0 Å². The maximum Gasteiger partial charge on any atom is 0.262 e. The van der Waals surface area contributed by atoms with Crippen LogP contribution < -0.4 is 19.5 Å². The summed E-state index contributed by atoms with van der Waals surface area (Å²) >= 11 is 0. The number of carbonyl (C=O) groups is 1. The van der Waals surface area contributed by atoms with Crippen molar-refractivity contribution in [2.45, 2.75) is 11.4 Å². The fourth-order valence-electron chi connectivity index (χ4n) is 2.80. The number of amides is 1. The van der Waals surface area contributed by atoms with Crippen molar-refractivity contribution in [1.29, 1.82) is 0 Å². The van der Waals surface area contributed by atoms with Gasteiger partial charge in [-0.3, -0.25) is 9.52 Å². The zero-order valence-corrected chi connectivity index (χ0v) is 17.7. The number of halogens is 1. The first-order valence-corrected chi connectivity index (χ1v) is 10.7. The highest BCUT2D eigenvalue weighted by Gasteiger charge is 2.18. The molecule has 0 heterocycles. The van der Waals surface area contributed by atoms with Gasteiger partial charge >= 0.3 is 0 Å². The minimum absolute atomic E-state index is 0.145. The Balaban J connectivity index is 1.75. The van der Waals surface area contributed by atoms with E-state index < -0.39 is 21.7 Å². The number of nitrogens with one attached hydrogen (secondary N) is 2. The third-order valence-electron chi connectivity index (χ3n) is 4.39. The van der Waals surface area contributed by atoms with Gasteiger partial charge in [-0.15, -0.1) is 0 Å². The third kappa shape index (κ3) is 5.52. The number of para-hydroxylation sites is 1. The molecule has 0 saturated heterocycles. The highest BCUT2D eigenvalue weighted by atomic mass is 32.2. The normalized spacial score (nSPS) is 10.9. The van der Waals surface area contributed by atoms with Gasteiger partial charge in [0.15, 0.2) is 0 Å². The fourth-order valence-corrected chi connectivity index (χ4v) is 3.92. The quantitative estimate of drug-likeness (QED) is 0.554. The summed E-state index contributed by atoms with van der Waals surface area (Å²) in [6.07, 6.45) is 0. The van der Waals surface area contributed by atoms with Crippen molar-refractivity contribution in [2.75, 3.05) is 18.9 Å². The Morgan fingerprint density at radius 1 is 0.935 bits per heavy atom. The largest absolute Gasteiger partial charge is 0.497 e. The number of hydrogen-bond donors (Lipinski definition) is 2. The molecular weight excluding hydrogens is 423 g/mol. The molecule has 0 spiro atoms. The number of ether oxygens (including phenoxy) is 2. The summed E-state index contributed by atoms with van der Waals surface area (Å²) in [4.78, 5) is 12.4. The van der Waals surface area contributed by atoms with Crippen LogP contribution in [0.3, 0.4) is 0 Å². The number of carbonyl (C=O) groups excluding carboxylic acids is 1. The van der Waals surface area contributed by atoms with Gasteiger partial charge in [0.25, 0.3) is 15.9 Å². The molecular formula is C22H21FN2O5S. The molecule has 2 N–H and O–H groups in total. The molecule has 0 aliphatic carbocycles. The summed E-state index contributed by atoms with van der Waals surface area (Å²) in [7, 11) is -1.03. The standard InChI is InChI=1S/C22H21FN2O5S/c1-29-17-10-15(11-18(13-17)30-2)14-24-22(26)16-6-5-7-19(12-16)31(27,28)25-21-9-4-3-8-20(21)23/h3-13,25H,14H2,1-2H3,(H,24,26). The van der Waals surface area contributed by atoms with Gasteiger partial charge in [0, 0.05) is 18.2 Å². The molecule has 0 aliphatic rings. The molecule has 0 aromatic heterocycles. The third-order valence-corrected chi connectivity index (χ3v) is 5.75. The van der Waals surface area contributed by atoms with Gasteiger partial charge in [0.05, 0.1) is 24.8 Å². The van der Waals surface area contributed by atoms with Gasteiger partial charge in [-0.25, -0.2) is 12.8 Å². The van der Waals surface area contributed by atoms with Crippen molar-refractivity contribution in [3.05, 3.63) is 83.7 Å². The summed E-state index contributed by atoms with van der Waals surface area (Å²) < 4.78 is 51.6. The molecule has 3 aromatic carbocycles. The summed E-state index contributed by atoms with van der Waals surface area (Å²) in [5.74, 6) is -0.00904. The Kier molecular flexibility index (Phi) is 6.76. The lowest BCUT2D eigenvalue weighted by molar-refractivity contribution is 0.0950. The molecule has 9 heteroatoms. The van der Waals surface area contributed by atoms with Gasteiger partial charge in [-0.2, -0.15) is 0 Å². The molecule has 0 bridgehead atoms. The van der Waals surface area contributed by atoms with E-state index >= 15 is 0 Å². The number of rotatable bonds is 8. The predicted molar refractivity (Wildman–Crippen MR) is 114 cm³/mol.